The van der Waals surface area contributed by atoms with E-state index in [1.807, 2.05) is 58.4 Å². The van der Waals surface area contributed by atoms with E-state index in [1.165, 1.54) is 11.3 Å². The highest BCUT2D eigenvalue weighted by Gasteiger charge is 2.20. The molecule has 1 aliphatic rings. The van der Waals surface area contributed by atoms with Crippen molar-refractivity contribution in [2.45, 2.75) is 6.42 Å². The number of anilines is 4. The van der Waals surface area contributed by atoms with Crippen molar-refractivity contribution in [3.63, 3.8) is 0 Å². The van der Waals surface area contributed by atoms with E-state index >= 15 is 0 Å². The summed E-state index contributed by atoms with van der Waals surface area (Å²) in [6, 6.07) is 21.3. The molecule has 1 amide bonds. The number of nitrogens with zero attached hydrogens (tertiary/aromatic N) is 5. The minimum Gasteiger partial charge on any atom is -0.493 e. The van der Waals surface area contributed by atoms with Crippen molar-refractivity contribution in [3.05, 3.63) is 90.1 Å². The molecule has 4 heterocycles. The van der Waals surface area contributed by atoms with Crippen LogP contribution in [-0.4, -0.2) is 72.9 Å². The highest BCUT2D eigenvalue weighted by Crippen LogP contribution is 2.39. The minimum absolute atomic E-state index is 0.110. The van der Waals surface area contributed by atoms with E-state index in [4.69, 9.17) is 28.9 Å². The number of fused-ring (bicyclic) bond motifs is 1. The number of thiazole rings is 1. The minimum atomic E-state index is -0.193. The van der Waals surface area contributed by atoms with E-state index in [1.54, 1.807) is 39.7 Å². The van der Waals surface area contributed by atoms with Crippen LogP contribution in [0.4, 0.5) is 23.0 Å². The Labute approximate surface area is 287 Å². The lowest BCUT2D eigenvalue weighted by molar-refractivity contribution is -0.115. The first-order valence-electron chi connectivity index (χ1n) is 15.7. The molecule has 7 rings (SSSR count). The molecule has 0 bridgehead atoms. The Morgan fingerprint density at radius 3 is 2.43 bits per heavy atom. The van der Waals surface area contributed by atoms with Gasteiger partial charge in [0.2, 0.25) is 17.6 Å². The number of amides is 1. The molecule has 12 nitrogen and oxygen atoms in total. The Kier molecular flexibility index (Phi) is 9.26. The van der Waals surface area contributed by atoms with Gasteiger partial charge in [-0.3, -0.25) is 9.20 Å². The van der Waals surface area contributed by atoms with Gasteiger partial charge in [0.1, 0.15) is 5.69 Å². The van der Waals surface area contributed by atoms with Crippen molar-refractivity contribution in [1.29, 1.82) is 0 Å². The molecule has 1 saturated heterocycles. The van der Waals surface area contributed by atoms with Gasteiger partial charge in [-0.15, -0.1) is 11.3 Å². The standard InChI is InChI=1S/C36H35N7O5S/c1-45-29-19-23(20-30(46-2)34(29)47-3)21-31(44)38-26-6-4-5-24(22-26)32-33(43-15-18-49-36(43)41-32)28-11-12-37-35(40-28)39-25-7-9-27(10-8-25)42-13-16-48-17-14-42/h4-12,15,18-20,22H,13-14,16-17,21H2,1-3H3,(H,38,44)(H,37,39,40). The van der Waals surface area contributed by atoms with Crippen molar-refractivity contribution in [2.75, 3.05) is 63.2 Å². The summed E-state index contributed by atoms with van der Waals surface area (Å²) in [5.74, 6) is 1.73. The molecule has 3 aromatic heterocycles. The third-order valence-corrected chi connectivity index (χ3v) is 8.93. The second-order valence-corrected chi connectivity index (χ2v) is 12.1. The maximum absolute atomic E-state index is 13.2. The summed E-state index contributed by atoms with van der Waals surface area (Å²) in [7, 11) is 4.64. The number of morpholine rings is 1. The van der Waals surface area contributed by atoms with E-state index in [0.29, 0.717) is 34.6 Å². The summed E-state index contributed by atoms with van der Waals surface area (Å²) < 4.78 is 23.8. The molecule has 1 fully saturated rings. The van der Waals surface area contributed by atoms with Crippen LogP contribution < -0.4 is 29.7 Å². The lowest BCUT2D eigenvalue weighted by Gasteiger charge is -2.28. The topological polar surface area (TPSA) is 124 Å². The number of carbonyl (C=O) groups excluding carboxylic acids is 1. The van der Waals surface area contributed by atoms with Crippen LogP contribution >= 0.6 is 11.3 Å². The second-order valence-electron chi connectivity index (χ2n) is 11.2. The van der Waals surface area contributed by atoms with Gasteiger partial charge in [0.25, 0.3) is 0 Å². The summed E-state index contributed by atoms with van der Waals surface area (Å²) in [6.45, 7) is 3.24. The average molecular weight is 678 g/mol. The lowest BCUT2D eigenvalue weighted by atomic mass is 10.1. The number of carbonyl (C=O) groups is 1. The molecule has 3 aromatic carbocycles. The lowest BCUT2D eigenvalue weighted by Crippen LogP contribution is -2.36. The van der Waals surface area contributed by atoms with Crippen LogP contribution in [0.15, 0.2) is 84.5 Å². The number of methoxy groups -OCH3 is 3. The van der Waals surface area contributed by atoms with Gasteiger partial charge in [-0.1, -0.05) is 12.1 Å². The van der Waals surface area contributed by atoms with Gasteiger partial charge in [0.05, 0.1) is 52.4 Å². The Morgan fingerprint density at radius 2 is 1.69 bits per heavy atom. The zero-order chi connectivity index (χ0) is 33.7. The third-order valence-electron chi connectivity index (χ3n) is 8.17. The van der Waals surface area contributed by atoms with Crippen LogP contribution in [0.5, 0.6) is 17.2 Å². The SMILES string of the molecule is COc1cc(CC(=O)Nc2cccc(-c3nc4sccn4c3-c3ccnc(Nc4ccc(N5CCOCC5)cc4)n3)c2)cc(OC)c1OC. The van der Waals surface area contributed by atoms with E-state index in [-0.39, 0.29) is 12.3 Å². The first-order chi connectivity index (χ1) is 24.0. The van der Waals surface area contributed by atoms with Crippen LogP contribution in [0.1, 0.15) is 5.56 Å². The summed E-state index contributed by atoms with van der Waals surface area (Å²) >= 11 is 1.54. The van der Waals surface area contributed by atoms with Crippen molar-refractivity contribution in [2.24, 2.45) is 0 Å². The third kappa shape index (κ3) is 6.84. The largest absolute Gasteiger partial charge is 0.493 e. The van der Waals surface area contributed by atoms with Crippen LogP contribution in [0, 0.1) is 0 Å². The number of benzene rings is 3. The maximum atomic E-state index is 13.2. The van der Waals surface area contributed by atoms with Crippen molar-refractivity contribution in [1.82, 2.24) is 19.4 Å². The summed E-state index contributed by atoms with van der Waals surface area (Å²) in [5, 5.41) is 8.36. The Morgan fingerprint density at radius 1 is 0.918 bits per heavy atom. The van der Waals surface area contributed by atoms with Crippen LogP contribution in [0.3, 0.4) is 0 Å². The highest BCUT2D eigenvalue weighted by molar-refractivity contribution is 7.15. The Bertz CT molecular complexity index is 2060. The van der Waals surface area contributed by atoms with Gasteiger partial charge in [0, 0.05) is 53.5 Å². The molecule has 13 heteroatoms. The number of hydrogen-bond acceptors (Lipinski definition) is 11. The summed E-state index contributed by atoms with van der Waals surface area (Å²) in [6.07, 6.45) is 3.83. The first-order valence-corrected chi connectivity index (χ1v) is 16.6. The van der Waals surface area contributed by atoms with Crippen molar-refractivity contribution < 1.29 is 23.7 Å². The van der Waals surface area contributed by atoms with Gasteiger partial charge in [-0.25, -0.2) is 15.0 Å². The van der Waals surface area contributed by atoms with Crippen LogP contribution in [0.25, 0.3) is 27.6 Å². The fourth-order valence-electron chi connectivity index (χ4n) is 5.86. The van der Waals surface area contributed by atoms with E-state index in [2.05, 4.69) is 32.7 Å². The van der Waals surface area contributed by atoms with Gasteiger partial charge in [0.15, 0.2) is 16.5 Å². The van der Waals surface area contributed by atoms with Crippen LogP contribution in [-0.2, 0) is 16.0 Å². The molecular weight excluding hydrogens is 643 g/mol. The quantitative estimate of drug-likeness (QED) is 0.161. The number of hydrogen-bond donors (Lipinski definition) is 2. The zero-order valence-corrected chi connectivity index (χ0v) is 28.1. The summed E-state index contributed by atoms with van der Waals surface area (Å²) in [4.78, 5) is 30.7. The molecule has 0 saturated carbocycles. The molecule has 1 aliphatic heterocycles. The fourth-order valence-corrected chi connectivity index (χ4v) is 6.58. The molecule has 0 radical (unpaired) electrons. The van der Waals surface area contributed by atoms with Gasteiger partial charge < -0.3 is 34.5 Å². The Hall–Kier alpha value is -5.66. The number of ether oxygens (including phenoxy) is 4. The fraction of sp³-hybridized carbons (Fsp3) is 0.222. The predicted octanol–water partition coefficient (Wildman–Crippen LogP) is 6.31. The van der Waals surface area contributed by atoms with E-state index in [0.717, 1.165) is 65.2 Å². The average Bonchev–Trinajstić information content (AvgIpc) is 3.74. The molecular formula is C36H35N7O5S. The Balaban J connectivity index is 1.12. The smallest absolute Gasteiger partial charge is 0.228 e. The molecule has 250 valence electrons. The molecule has 0 spiro atoms. The van der Waals surface area contributed by atoms with E-state index < -0.39 is 0 Å². The molecule has 0 aliphatic carbocycles. The van der Waals surface area contributed by atoms with Crippen LogP contribution in [0.2, 0.25) is 0 Å². The second kappa shape index (κ2) is 14.2. The molecule has 6 aromatic rings. The number of nitrogens with one attached hydrogen (secondary N) is 2. The highest BCUT2D eigenvalue weighted by atomic mass is 32.1. The number of aromatic nitrogens is 4. The van der Waals surface area contributed by atoms with Crippen molar-refractivity contribution in [3.8, 4) is 39.9 Å². The molecule has 49 heavy (non-hydrogen) atoms. The van der Waals surface area contributed by atoms with Gasteiger partial charge >= 0.3 is 0 Å². The monoisotopic (exact) mass is 677 g/mol. The molecule has 0 unspecified atom stereocenters. The summed E-state index contributed by atoms with van der Waals surface area (Å²) in [5.41, 5.74) is 6.52. The first kappa shape index (κ1) is 31.9. The van der Waals surface area contributed by atoms with Gasteiger partial charge in [-0.05, 0) is 60.2 Å². The van der Waals surface area contributed by atoms with E-state index in [9.17, 15) is 4.79 Å². The maximum Gasteiger partial charge on any atom is 0.228 e. The predicted molar refractivity (Wildman–Crippen MR) is 191 cm³/mol. The zero-order valence-electron chi connectivity index (χ0n) is 27.3. The van der Waals surface area contributed by atoms with Gasteiger partial charge in [-0.2, -0.15) is 0 Å². The number of rotatable bonds is 11. The van der Waals surface area contributed by atoms with Crippen molar-refractivity contribution >= 4 is 45.2 Å². The normalized spacial score (nSPS) is 12.9. The number of imidazole rings is 1. The molecule has 2 N–H and O–H groups in total. The molecule has 0 atom stereocenters.